The van der Waals surface area contributed by atoms with Crippen molar-refractivity contribution in [2.45, 2.75) is 27.7 Å². The Bertz CT molecular complexity index is 979. The Hall–Kier alpha value is -3.31. The van der Waals surface area contributed by atoms with Gasteiger partial charge >= 0.3 is 7.32 Å². The molecular formula is C26H32BF5N2O3. The lowest BCUT2D eigenvalue weighted by atomic mass is 10.2. The lowest BCUT2D eigenvalue weighted by molar-refractivity contribution is 0.263. The Morgan fingerprint density at radius 1 is 0.568 bits per heavy atom. The summed E-state index contributed by atoms with van der Waals surface area (Å²) in [5.74, 6) is -13.1. The van der Waals surface area contributed by atoms with Crippen molar-refractivity contribution >= 4 is 18.7 Å². The molecular weight excluding hydrogens is 494 g/mol. The van der Waals surface area contributed by atoms with Crippen LogP contribution in [0.2, 0.25) is 0 Å². The maximum atomic E-state index is 12.7. The van der Waals surface area contributed by atoms with Gasteiger partial charge in [-0.15, -0.1) is 0 Å². The molecule has 0 spiro atoms. The summed E-state index contributed by atoms with van der Waals surface area (Å²) in [5.41, 5.74) is 2.63. The first-order valence-corrected chi connectivity index (χ1v) is 11.8. The summed E-state index contributed by atoms with van der Waals surface area (Å²) < 4.78 is 66.3. The zero-order chi connectivity index (χ0) is 28.0. The molecule has 0 unspecified atom stereocenters. The smallest absolute Gasteiger partial charge is 0.507 e. The molecule has 0 amide bonds. The minimum absolute atomic E-state index is 1.08. The zero-order valence-electron chi connectivity index (χ0n) is 21.3. The van der Waals surface area contributed by atoms with Crippen LogP contribution in [0.3, 0.4) is 0 Å². The van der Waals surface area contributed by atoms with Gasteiger partial charge in [-0.1, -0.05) is 36.4 Å². The van der Waals surface area contributed by atoms with Gasteiger partial charge in [0.1, 0.15) is 0 Å². The lowest BCUT2D eigenvalue weighted by Gasteiger charge is -2.20. The summed E-state index contributed by atoms with van der Waals surface area (Å²) in [5, 5.41) is 16.3. The largest absolute Gasteiger partial charge is 0.707 e. The highest BCUT2D eigenvalue weighted by atomic mass is 19.2. The third-order valence-corrected chi connectivity index (χ3v) is 5.16. The van der Waals surface area contributed by atoms with E-state index in [-0.39, 0.29) is 0 Å². The van der Waals surface area contributed by atoms with E-state index in [9.17, 15) is 22.0 Å². The Kier molecular flexibility index (Phi) is 14.1. The number of benzene rings is 3. The molecule has 37 heavy (non-hydrogen) atoms. The molecule has 0 heterocycles. The molecule has 3 rings (SSSR count). The summed E-state index contributed by atoms with van der Waals surface area (Å²) >= 11 is 0. The molecule has 2 N–H and O–H groups in total. The summed E-state index contributed by atoms with van der Waals surface area (Å²) in [6.07, 6.45) is 0. The van der Waals surface area contributed by atoms with E-state index in [1.54, 1.807) is 0 Å². The third-order valence-electron chi connectivity index (χ3n) is 5.16. The van der Waals surface area contributed by atoms with Gasteiger partial charge in [0.05, 0.1) is 0 Å². The Morgan fingerprint density at radius 2 is 0.865 bits per heavy atom. The van der Waals surface area contributed by atoms with Gasteiger partial charge in [-0.25, -0.2) is 13.2 Å². The van der Waals surface area contributed by atoms with Crippen LogP contribution in [0.1, 0.15) is 27.7 Å². The van der Waals surface area contributed by atoms with Crippen LogP contribution in [0, 0.1) is 29.1 Å². The van der Waals surface area contributed by atoms with Crippen LogP contribution >= 0.6 is 0 Å². The van der Waals surface area contributed by atoms with E-state index in [0.29, 0.717) is 0 Å². The van der Waals surface area contributed by atoms with Crippen LogP contribution < -0.4 is 14.5 Å². The van der Waals surface area contributed by atoms with Crippen LogP contribution in [-0.2, 0) is 0 Å². The summed E-state index contributed by atoms with van der Waals surface area (Å²) in [6, 6.07) is 21.0. The molecule has 0 saturated heterocycles. The number of anilines is 2. The highest BCUT2D eigenvalue weighted by molar-refractivity contribution is 6.33. The molecule has 0 saturated carbocycles. The molecule has 0 aliphatic rings. The monoisotopic (exact) mass is 526 g/mol. The van der Waals surface area contributed by atoms with Gasteiger partial charge < -0.3 is 24.5 Å². The van der Waals surface area contributed by atoms with E-state index in [0.717, 1.165) is 26.2 Å². The second-order valence-corrected chi connectivity index (χ2v) is 7.36. The van der Waals surface area contributed by atoms with Crippen molar-refractivity contribution in [3.05, 3.63) is 89.7 Å². The standard InChI is InChI=1S/2C10H15N.C6H2BF5O3/c2*1-3-11(4-2)10-8-6-5-7-9-10;8-1-2(9)4(11)6(15-7(13)14)5(12)3(1)10/h2*5-9H,3-4H2,1-2H3;13-14H. The first-order valence-electron chi connectivity index (χ1n) is 11.8. The zero-order valence-corrected chi connectivity index (χ0v) is 21.3. The molecule has 0 bridgehead atoms. The molecule has 3 aromatic rings. The highest BCUT2D eigenvalue weighted by Crippen LogP contribution is 2.29. The molecule has 0 radical (unpaired) electrons. The quantitative estimate of drug-likeness (QED) is 0.168. The molecule has 0 aromatic heterocycles. The van der Waals surface area contributed by atoms with E-state index < -0.39 is 42.2 Å². The van der Waals surface area contributed by atoms with Gasteiger partial charge in [0, 0.05) is 37.6 Å². The lowest BCUT2D eigenvalue weighted by Crippen LogP contribution is -2.23. The number of nitrogens with zero attached hydrogens (tertiary/aromatic N) is 2. The van der Waals surface area contributed by atoms with Gasteiger partial charge in [-0.3, -0.25) is 0 Å². The van der Waals surface area contributed by atoms with Gasteiger partial charge in [0.25, 0.3) is 0 Å². The maximum absolute atomic E-state index is 12.7. The van der Waals surface area contributed by atoms with Crippen molar-refractivity contribution in [2.24, 2.45) is 0 Å². The first-order chi connectivity index (χ1) is 17.6. The fraction of sp³-hybridized carbons (Fsp3) is 0.308. The van der Waals surface area contributed by atoms with E-state index >= 15 is 0 Å². The second kappa shape index (κ2) is 16.4. The average Bonchev–Trinajstić information content (AvgIpc) is 2.92. The van der Waals surface area contributed by atoms with Crippen LogP contribution in [0.25, 0.3) is 0 Å². The number of rotatable bonds is 8. The Labute approximate surface area is 214 Å². The highest BCUT2D eigenvalue weighted by Gasteiger charge is 2.29. The van der Waals surface area contributed by atoms with Gasteiger partial charge in [0.15, 0.2) is 5.75 Å². The first kappa shape index (κ1) is 31.7. The number of halogens is 5. The second-order valence-electron chi connectivity index (χ2n) is 7.36. The molecule has 0 fully saturated rings. The van der Waals surface area contributed by atoms with Crippen molar-refractivity contribution in [3.63, 3.8) is 0 Å². The molecule has 202 valence electrons. The van der Waals surface area contributed by atoms with Gasteiger partial charge in [-0.05, 0) is 52.0 Å². The number of hydrogen-bond acceptors (Lipinski definition) is 5. The molecule has 0 aliphatic carbocycles. The van der Waals surface area contributed by atoms with E-state index in [4.69, 9.17) is 10.0 Å². The van der Waals surface area contributed by atoms with E-state index in [2.05, 4.69) is 90.7 Å². The van der Waals surface area contributed by atoms with Crippen molar-refractivity contribution in [1.82, 2.24) is 0 Å². The number of para-hydroxylation sites is 2. The van der Waals surface area contributed by atoms with Crippen molar-refractivity contribution in [2.75, 3.05) is 36.0 Å². The molecule has 0 aliphatic heterocycles. The molecule has 11 heteroatoms. The third kappa shape index (κ3) is 9.58. The SMILES string of the molecule is CCN(CC)c1ccccc1.CCN(CC)c1ccccc1.OB(O)Oc1c(F)c(F)c(F)c(F)c1F. The molecule has 3 aromatic carbocycles. The fourth-order valence-electron chi connectivity index (χ4n) is 3.25. The summed E-state index contributed by atoms with van der Waals surface area (Å²) in [4.78, 5) is 4.67. The average molecular weight is 526 g/mol. The van der Waals surface area contributed by atoms with E-state index in [1.807, 2.05) is 12.1 Å². The van der Waals surface area contributed by atoms with Gasteiger partial charge in [0.2, 0.25) is 29.1 Å². The van der Waals surface area contributed by atoms with Crippen molar-refractivity contribution in [1.29, 1.82) is 0 Å². The summed E-state index contributed by atoms with van der Waals surface area (Å²) in [6.45, 7) is 13.0. The number of hydrogen-bond donors (Lipinski definition) is 2. The molecule has 5 nitrogen and oxygen atoms in total. The minimum Gasteiger partial charge on any atom is -0.507 e. The predicted molar refractivity (Wildman–Crippen MR) is 137 cm³/mol. The van der Waals surface area contributed by atoms with Crippen LogP contribution in [0.15, 0.2) is 60.7 Å². The fourth-order valence-corrected chi connectivity index (χ4v) is 3.25. The van der Waals surface area contributed by atoms with Gasteiger partial charge in [-0.2, -0.15) is 8.78 Å². The minimum atomic E-state index is -2.70. The topological polar surface area (TPSA) is 56.2 Å². The molecule has 0 atom stereocenters. The Balaban J connectivity index is 0.000000283. The van der Waals surface area contributed by atoms with Crippen LogP contribution in [-0.4, -0.2) is 43.5 Å². The van der Waals surface area contributed by atoms with Crippen LogP contribution in [0.5, 0.6) is 5.75 Å². The van der Waals surface area contributed by atoms with Crippen molar-refractivity contribution < 1.29 is 36.7 Å². The van der Waals surface area contributed by atoms with Crippen LogP contribution in [0.4, 0.5) is 33.3 Å². The van der Waals surface area contributed by atoms with E-state index in [1.165, 1.54) is 11.4 Å². The summed E-state index contributed by atoms with van der Waals surface area (Å²) in [7, 11) is -2.70. The van der Waals surface area contributed by atoms with Crippen molar-refractivity contribution in [3.8, 4) is 5.75 Å². The maximum Gasteiger partial charge on any atom is 0.707 e. The predicted octanol–water partition coefficient (Wildman–Crippen LogP) is 5.80. The Morgan fingerprint density at radius 3 is 1.14 bits per heavy atom. The normalized spacial score (nSPS) is 9.92.